The number of rotatable bonds is 4. The highest BCUT2D eigenvalue weighted by molar-refractivity contribution is 5.05. The zero-order valence-electron chi connectivity index (χ0n) is 8.60. The maximum Gasteiger partial charge on any atom is 0.141 e. The lowest BCUT2D eigenvalue weighted by Crippen LogP contribution is -2.14. The molecule has 0 aliphatic carbocycles. The molecule has 0 bridgehead atoms. The van der Waals surface area contributed by atoms with E-state index in [2.05, 4.69) is 15.3 Å². The van der Waals surface area contributed by atoms with E-state index in [1.807, 2.05) is 19.1 Å². The standard InChI is InChI=1S/C11H13N3O/c1-9-3-4-10(15-9)7-12-8-11-13-5-2-6-14-11/h2-6,12H,7-8H2,1H3. The number of nitrogens with zero attached hydrogens (tertiary/aromatic N) is 2. The van der Waals surface area contributed by atoms with Crippen molar-refractivity contribution in [2.75, 3.05) is 0 Å². The van der Waals surface area contributed by atoms with Crippen LogP contribution >= 0.6 is 0 Å². The molecule has 0 atom stereocenters. The van der Waals surface area contributed by atoms with Crippen LogP contribution in [0.1, 0.15) is 17.3 Å². The molecule has 0 saturated carbocycles. The Labute approximate surface area is 88.4 Å². The van der Waals surface area contributed by atoms with Gasteiger partial charge in [-0.2, -0.15) is 0 Å². The van der Waals surface area contributed by atoms with E-state index >= 15 is 0 Å². The van der Waals surface area contributed by atoms with Crippen molar-refractivity contribution in [1.29, 1.82) is 0 Å². The highest BCUT2D eigenvalue weighted by Crippen LogP contribution is 2.05. The largest absolute Gasteiger partial charge is 0.465 e. The molecule has 0 aromatic carbocycles. The molecule has 78 valence electrons. The summed E-state index contributed by atoms with van der Waals surface area (Å²) in [6, 6.07) is 5.73. The summed E-state index contributed by atoms with van der Waals surface area (Å²) in [4.78, 5) is 8.22. The Morgan fingerprint density at radius 1 is 1.20 bits per heavy atom. The SMILES string of the molecule is Cc1ccc(CNCc2ncccn2)o1. The van der Waals surface area contributed by atoms with Crippen LogP contribution in [0.25, 0.3) is 0 Å². The molecule has 4 nitrogen and oxygen atoms in total. The summed E-state index contributed by atoms with van der Waals surface area (Å²) in [6.07, 6.45) is 3.47. The number of hydrogen-bond donors (Lipinski definition) is 1. The summed E-state index contributed by atoms with van der Waals surface area (Å²) >= 11 is 0. The van der Waals surface area contributed by atoms with Gasteiger partial charge in [-0.3, -0.25) is 0 Å². The van der Waals surface area contributed by atoms with Gasteiger partial charge < -0.3 is 9.73 Å². The third-order valence-corrected chi connectivity index (χ3v) is 2.00. The third kappa shape index (κ3) is 2.89. The van der Waals surface area contributed by atoms with Crippen LogP contribution in [0.2, 0.25) is 0 Å². The van der Waals surface area contributed by atoms with Crippen molar-refractivity contribution in [1.82, 2.24) is 15.3 Å². The van der Waals surface area contributed by atoms with Crippen LogP contribution in [-0.2, 0) is 13.1 Å². The van der Waals surface area contributed by atoms with Crippen molar-refractivity contribution in [2.45, 2.75) is 20.0 Å². The molecule has 0 saturated heterocycles. The monoisotopic (exact) mass is 203 g/mol. The maximum atomic E-state index is 5.42. The van der Waals surface area contributed by atoms with Gasteiger partial charge in [0.05, 0.1) is 13.1 Å². The lowest BCUT2D eigenvalue weighted by molar-refractivity contribution is 0.459. The first-order chi connectivity index (χ1) is 7.34. The first kappa shape index (κ1) is 9.86. The molecule has 0 radical (unpaired) electrons. The number of hydrogen-bond acceptors (Lipinski definition) is 4. The molecule has 2 rings (SSSR count). The smallest absolute Gasteiger partial charge is 0.141 e. The lowest BCUT2D eigenvalue weighted by Gasteiger charge is -2.00. The number of aromatic nitrogens is 2. The molecular formula is C11H13N3O. The summed E-state index contributed by atoms with van der Waals surface area (Å²) in [5.41, 5.74) is 0. The van der Waals surface area contributed by atoms with Crippen molar-refractivity contribution >= 4 is 0 Å². The molecule has 2 aromatic heterocycles. The van der Waals surface area contributed by atoms with Gasteiger partial charge in [0.1, 0.15) is 17.3 Å². The summed E-state index contributed by atoms with van der Waals surface area (Å²) in [5.74, 6) is 2.66. The Morgan fingerprint density at radius 2 is 2.00 bits per heavy atom. The average molecular weight is 203 g/mol. The fourth-order valence-corrected chi connectivity index (χ4v) is 1.30. The normalized spacial score (nSPS) is 10.5. The molecular weight excluding hydrogens is 190 g/mol. The van der Waals surface area contributed by atoms with Gasteiger partial charge in [0, 0.05) is 12.4 Å². The van der Waals surface area contributed by atoms with Crippen LogP contribution in [-0.4, -0.2) is 9.97 Å². The van der Waals surface area contributed by atoms with E-state index in [1.165, 1.54) is 0 Å². The van der Waals surface area contributed by atoms with Crippen molar-refractivity contribution in [3.63, 3.8) is 0 Å². The topological polar surface area (TPSA) is 51.0 Å². The second-order valence-corrected chi connectivity index (χ2v) is 3.28. The zero-order valence-corrected chi connectivity index (χ0v) is 8.60. The highest BCUT2D eigenvalue weighted by atomic mass is 16.3. The first-order valence-corrected chi connectivity index (χ1v) is 4.86. The Hall–Kier alpha value is -1.68. The zero-order chi connectivity index (χ0) is 10.5. The molecule has 0 fully saturated rings. The molecule has 0 unspecified atom stereocenters. The number of aryl methyl sites for hydroxylation is 1. The highest BCUT2D eigenvalue weighted by Gasteiger charge is 1.98. The fraction of sp³-hybridized carbons (Fsp3) is 0.273. The minimum Gasteiger partial charge on any atom is -0.465 e. The Kier molecular flexibility index (Phi) is 3.09. The summed E-state index contributed by atoms with van der Waals surface area (Å²) in [5, 5.41) is 3.21. The van der Waals surface area contributed by atoms with E-state index in [0.29, 0.717) is 13.1 Å². The predicted octanol–water partition coefficient (Wildman–Crippen LogP) is 1.67. The molecule has 4 heteroatoms. The van der Waals surface area contributed by atoms with Crippen LogP contribution in [0, 0.1) is 6.92 Å². The van der Waals surface area contributed by atoms with Crippen LogP contribution in [0.15, 0.2) is 35.0 Å². The van der Waals surface area contributed by atoms with Gasteiger partial charge >= 0.3 is 0 Å². The summed E-state index contributed by atoms with van der Waals surface area (Å²) in [7, 11) is 0. The molecule has 1 N–H and O–H groups in total. The van der Waals surface area contributed by atoms with E-state index < -0.39 is 0 Å². The minimum absolute atomic E-state index is 0.653. The van der Waals surface area contributed by atoms with Crippen molar-refractivity contribution in [2.24, 2.45) is 0 Å². The van der Waals surface area contributed by atoms with E-state index in [9.17, 15) is 0 Å². The molecule has 2 heterocycles. The maximum absolute atomic E-state index is 5.42. The molecule has 0 aliphatic rings. The predicted molar refractivity (Wildman–Crippen MR) is 56.0 cm³/mol. The minimum atomic E-state index is 0.653. The fourth-order valence-electron chi connectivity index (χ4n) is 1.30. The van der Waals surface area contributed by atoms with Crippen molar-refractivity contribution < 1.29 is 4.42 Å². The van der Waals surface area contributed by atoms with E-state index in [0.717, 1.165) is 17.3 Å². The summed E-state index contributed by atoms with van der Waals surface area (Å²) in [6.45, 7) is 3.29. The van der Waals surface area contributed by atoms with Crippen molar-refractivity contribution in [3.05, 3.63) is 47.9 Å². The van der Waals surface area contributed by atoms with E-state index in [-0.39, 0.29) is 0 Å². The molecule has 15 heavy (non-hydrogen) atoms. The second-order valence-electron chi connectivity index (χ2n) is 3.28. The Bertz CT molecular complexity index is 411. The molecule has 0 amide bonds. The number of furan rings is 1. The van der Waals surface area contributed by atoms with Crippen LogP contribution < -0.4 is 5.32 Å². The Morgan fingerprint density at radius 3 is 2.67 bits per heavy atom. The second kappa shape index (κ2) is 4.70. The van der Waals surface area contributed by atoms with Gasteiger partial charge in [0.15, 0.2) is 0 Å². The molecule has 2 aromatic rings. The summed E-state index contributed by atoms with van der Waals surface area (Å²) < 4.78 is 5.42. The van der Waals surface area contributed by atoms with Gasteiger partial charge in [-0.15, -0.1) is 0 Å². The quantitative estimate of drug-likeness (QED) is 0.821. The van der Waals surface area contributed by atoms with E-state index in [4.69, 9.17) is 4.42 Å². The molecule has 0 aliphatic heterocycles. The van der Waals surface area contributed by atoms with Gasteiger partial charge in [0.25, 0.3) is 0 Å². The first-order valence-electron chi connectivity index (χ1n) is 4.86. The van der Waals surface area contributed by atoms with Gasteiger partial charge in [0.2, 0.25) is 0 Å². The molecule has 0 spiro atoms. The lowest BCUT2D eigenvalue weighted by atomic mass is 10.4. The van der Waals surface area contributed by atoms with Gasteiger partial charge in [-0.05, 0) is 25.1 Å². The van der Waals surface area contributed by atoms with Gasteiger partial charge in [-0.1, -0.05) is 0 Å². The van der Waals surface area contributed by atoms with Crippen molar-refractivity contribution in [3.8, 4) is 0 Å². The number of nitrogens with one attached hydrogen (secondary N) is 1. The van der Waals surface area contributed by atoms with Gasteiger partial charge in [-0.25, -0.2) is 9.97 Å². The van der Waals surface area contributed by atoms with E-state index in [1.54, 1.807) is 18.5 Å². The Balaban J connectivity index is 1.80. The van der Waals surface area contributed by atoms with Crippen LogP contribution in [0.3, 0.4) is 0 Å². The average Bonchev–Trinajstić information content (AvgIpc) is 2.66. The third-order valence-electron chi connectivity index (χ3n) is 2.00. The van der Waals surface area contributed by atoms with Crippen LogP contribution in [0.4, 0.5) is 0 Å². The van der Waals surface area contributed by atoms with Crippen LogP contribution in [0.5, 0.6) is 0 Å².